The molecule has 22 heavy (non-hydrogen) atoms. The van der Waals surface area contributed by atoms with Gasteiger partial charge in [0.2, 0.25) is 0 Å². The first-order valence-corrected chi connectivity index (χ1v) is 7.72. The van der Waals surface area contributed by atoms with Gasteiger partial charge in [-0.05, 0) is 31.2 Å². The Morgan fingerprint density at radius 1 is 1.50 bits per heavy atom. The largest absolute Gasteiger partial charge is 0.496 e. The van der Waals surface area contributed by atoms with Crippen LogP contribution in [0, 0.1) is 18.3 Å². The molecule has 2 aromatic rings. The van der Waals surface area contributed by atoms with Crippen LogP contribution >= 0.6 is 11.3 Å². The average Bonchev–Trinajstić information content (AvgIpc) is 2.97. The van der Waals surface area contributed by atoms with Crippen LogP contribution in [0.25, 0.3) is 11.6 Å². The van der Waals surface area contributed by atoms with E-state index >= 15 is 0 Å². The lowest BCUT2D eigenvalue weighted by atomic mass is 10.0. The van der Waals surface area contributed by atoms with Gasteiger partial charge in [0.15, 0.2) is 5.78 Å². The molecule has 112 valence electrons. The highest BCUT2D eigenvalue weighted by atomic mass is 32.1. The summed E-state index contributed by atoms with van der Waals surface area (Å²) < 4.78 is 5.32. The van der Waals surface area contributed by atoms with E-state index in [1.165, 1.54) is 11.3 Å². The normalized spacial score (nSPS) is 11.1. The molecule has 0 saturated carbocycles. The standard InChI is InChI=1S/C17H16N2O2S/c1-4-15(20)14(17-19-11(2)10-22-17)8-13-6-5-12(9-18)7-16(13)21-3/h5-8,10H,4H2,1-3H3/b14-8+. The summed E-state index contributed by atoms with van der Waals surface area (Å²) in [5.74, 6) is 0.592. The molecule has 0 aliphatic heterocycles. The molecule has 0 fully saturated rings. The van der Waals surface area contributed by atoms with Crippen LogP contribution in [0.4, 0.5) is 0 Å². The fourth-order valence-electron chi connectivity index (χ4n) is 1.99. The quantitative estimate of drug-likeness (QED) is 0.787. The number of benzene rings is 1. The van der Waals surface area contributed by atoms with E-state index in [0.29, 0.717) is 28.3 Å². The number of nitriles is 1. The highest BCUT2D eigenvalue weighted by Gasteiger charge is 2.15. The van der Waals surface area contributed by atoms with Crippen LogP contribution in [0.5, 0.6) is 5.75 Å². The van der Waals surface area contributed by atoms with E-state index in [1.807, 2.05) is 19.2 Å². The lowest BCUT2D eigenvalue weighted by Crippen LogP contribution is -2.00. The molecule has 4 nitrogen and oxygen atoms in total. The van der Waals surface area contributed by atoms with Crippen molar-refractivity contribution in [1.29, 1.82) is 5.26 Å². The maximum atomic E-state index is 12.3. The first-order valence-electron chi connectivity index (χ1n) is 6.84. The summed E-state index contributed by atoms with van der Waals surface area (Å²) in [5, 5.41) is 11.6. The number of aromatic nitrogens is 1. The third-order valence-corrected chi connectivity index (χ3v) is 4.13. The Kier molecular flexibility index (Phi) is 5.08. The molecule has 1 aromatic carbocycles. The number of nitrogens with zero attached hydrogens (tertiary/aromatic N) is 2. The summed E-state index contributed by atoms with van der Waals surface area (Å²) in [7, 11) is 1.54. The molecule has 5 heteroatoms. The lowest BCUT2D eigenvalue weighted by Gasteiger charge is -2.07. The average molecular weight is 312 g/mol. The van der Waals surface area contributed by atoms with Crippen molar-refractivity contribution in [2.24, 2.45) is 0 Å². The van der Waals surface area contributed by atoms with Crippen LogP contribution in [-0.4, -0.2) is 17.9 Å². The van der Waals surface area contributed by atoms with Gasteiger partial charge in [-0.25, -0.2) is 4.98 Å². The van der Waals surface area contributed by atoms with Crippen molar-refractivity contribution in [1.82, 2.24) is 4.98 Å². The molecule has 0 spiro atoms. The van der Waals surface area contributed by atoms with Crippen LogP contribution in [0.2, 0.25) is 0 Å². The van der Waals surface area contributed by atoms with Crippen LogP contribution in [0.15, 0.2) is 23.6 Å². The number of ketones is 1. The SMILES string of the molecule is CCC(=O)/C(=C\c1ccc(C#N)cc1OC)c1nc(C)cs1. The van der Waals surface area contributed by atoms with Crippen molar-refractivity contribution < 1.29 is 9.53 Å². The molecule has 0 N–H and O–H groups in total. The van der Waals surface area contributed by atoms with E-state index in [9.17, 15) is 4.79 Å². The Balaban J connectivity index is 2.55. The molecular weight excluding hydrogens is 296 g/mol. The molecule has 0 unspecified atom stereocenters. The van der Waals surface area contributed by atoms with Gasteiger partial charge in [0.1, 0.15) is 10.8 Å². The van der Waals surface area contributed by atoms with Gasteiger partial charge in [0, 0.05) is 23.1 Å². The number of rotatable bonds is 5. The number of thiazole rings is 1. The fraction of sp³-hybridized carbons (Fsp3) is 0.235. The molecule has 0 aliphatic carbocycles. The lowest BCUT2D eigenvalue weighted by molar-refractivity contribution is -0.113. The zero-order valence-electron chi connectivity index (χ0n) is 12.7. The predicted octanol–water partition coefficient (Wildman–Crippen LogP) is 3.85. The first kappa shape index (κ1) is 15.9. The Labute approximate surface area is 133 Å². The second-order valence-corrected chi connectivity index (χ2v) is 5.56. The number of carbonyl (C=O) groups excluding carboxylic acids is 1. The molecule has 0 amide bonds. The van der Waals surface area contributed by atoms with E-state index in [2.05, 4.69) is 11.1 Å². The summed E-state index contributed by atoms with van der Waals surface area (Å²) in [5.41, 5.74) is 2.74. The topological polar surface area (TPSA) is 63.0 Å². The third kappa shape index (κ3) is 3.41. The van der Waals surface area contributed by atoms with Crippen molar-refractivity contribution in [3.63, 3.8) is 0 Å². The van der Waals surface area contributed by atoms with Crippen molar-refractivity contribution in [3.05, 3.63) is 45.4 Å². The minimum Gasteiger partial charge on any atom is -0.496 e. The first-order chi connectivity index (χ1) is 10.6. The van der Waals surface area contributed by atoms with E-state index in [-0.39, 0.29) is 5.78 Å². The highest BCUT2D eigenvalue weighted by molar-refractivity contribution is 7.11. The zero-order chi connectivity index (χ0) is 16.1. The minimum atomic E-state index is 0.0285. The van der Waals surface area contributed by atoms with Crippen LogP contribution in [0.1, 0.15) is 35.2 Å². The van der Waals surface area contributed by atoms with Gasteiger partial charge < -0.3 is 4.74 Å². The van der Waals surface area contributed by atoms with Crippen LogP contribution in [0.3, 0.4) is 0 Å². The Hall–Kier alpha value is -2.45. The van der Waals surface area contributed by atoms with E-state index in [4.69, 9.17) is 10.00 Å². The zero-order valence-corrected chi connectivity index (χ0v) is 13.5. The molecule has 0 bridgehead atoms. The monoisotopic (exact) mass is 312 g/mol. The van der Waals surface area contributed by atoms with E-state index in [0.717, 1.165) is 11.3 Å². The molecule has 0 saturated heterocycles. The van der Waals surface area contributed by atoms with Crippen molar-refractivity contribution in [3.8, 4) is 11.8 Å². The molecule has 1 heterocycles. The highest BCUT2D eigenvalue weighted by Crippen LogP contribution is 2.28. The summed E-state index contributed by atoms with van der Waals surface area (Å²) in [6, 6.07) is 7.22. The number of methoxy groups -OCH3 is 1. The van der Waals surface area contributed by atoms with E-state index in [1.54, 1.807) is 31.4 Å². The van der Waals surface area contributed by atoms with Gasteiger partial charge in [-0.15, -0.1) is 11.3 Å². The molecule has 0 radical (unpaired) electrons. The fourth-order valence-corrected chi connectivity index (χ4v) is 2.82. The molecular formula is C17H16N2O2S. The minimum absolute atomic E-state index is 0.0285. The smallest absolute Gasteiger partial charge is 0.165 e. The molecule has 0 aliphatic rings. The van der Waals surface area contributed by atoms with Gasteiger partial charge in [-0.3, -0.25) is 4.79 Å². The summed E-state index contributed by atoms with van der Waals surface area (Å²) in [4.78, 5) is 16.7. The van der Waals surface area contributed by atoms with Gasteiger partial charge in [0.05, 0.1) is 24.3 Å². The predicted molar refractivity (Wildman–Crippen MR) is 87.7 cm³/mol. The maximum Gasteiger partial charge on any atom is 0.165 e. The summed E-state index contributed by atoms with van der Waals surface area (Å²) >= 11 is 1.45. The molecule has 1 aromatic heterocycles. The second-order valence-electron chi connectivity index (χ2n) is 4.70. The maximum absolute atomic E-state index is 12.3. The van der Waals surface area contributed by atoms with Gasteiger partial charge >= 0.3 is 0 Å². The summed E-state index contributed by atoms with van der Waals surface area (Å²) in [6.45, 7) is 3.73. The van der Waals surface area contributed by atoms with Gasteiger partial charge in [0.25, 0.3) is 0 Å². The Morgan fingerprint density at radius 3 is 2.82 bits per heavy atom. The number of aryl methyl sites for hydroxylation is 1. The Bertz CT molecular complexity index is 769. The van der Waals surface area contributed by atoms with Gasteiger partial charge in [-0.2, -0.15) is 5.26 Å². The third-order valence-electron chi connectivity index (χ3n) is 3.13. The van der Waals surface area contributed by atoms with Crippen LogP contribution < -0.4 is 4.74 Å². The molecule has 2 rings (SSSR count). The van der Waals surface area contributed by atoms with Crippen LogP contribution in [-0.2, 0) is 4.79 Å². The van der Waals surface area contributed by atoms with Crippen molar-refractivity contribution in [2.45, 2.75) is 20.3 Å². The Morgan fingerprint density at radius 2 is 2.27 bits per heavy atom. The molecule has 0 atom stereocenters. The number of hydrogen-bond donors (Lipinski definition) is 0. The number of hydrogen-bond acceptors (Lipinski definition) is 5. The number of carbonyl (C=O) groups is 1. The van der Waals surface area contributed by atoms with Crippen molar-refractivity contribution in [2.75, 3.05) is 7.11 Å². The second kappa shape index (κ2) is 7.01. The summed E-state index contributed by atoms with van der Waals surface area (Å²) in [6.07, 6.45) is 2.19. The van der Waals surface area contributed by atoms with E-state index < -0.39 is 0 Å². The number of allylic oxidation sites excluding steroid dienone is 1. The van der Waals surface area contributed by atoms with Crippen molar-refractivity contribution >= 4 is 28.8 Å². The van der Waals surface area contributed by atoms with Gasteiger partial charge in [-0.1, -0.05) is 6.92 Å². The number of Topliss-reactive ketones (excluding diaryl/α,β-unsaturated/α-hetero) is 1. The number of ether oxygens (including phenoxy) is 1.